The van der Waals surface area contributed by atoms with Gasteiger partial charge in [-0.3, -0.25) is 0 Å². The number of aliphatic hydroxyl groups is 1. The first-order chi connectivity index (χ1) is 7.66. The fourth-order valence-corrected chi connectivity index (χ4v) is 2.30. The van der Waals surface area contributed by atoms with Crippen LogP contribution in [0.25, 0.3) is 0 Å². The minimum Gasteiger partial charge on any atom is -0.388 e. The van der Waals surface area contributed by atoms with E-state index < -0.39 is 6.10 Å². The number of thiazole rings is 1. The van der Waals surface area contributed by atoms with Gasteiger partial charge in [-0.15, -0.1) is 11.3 Å². The van der Waals surface area contributed by atoms with Crippen molar-refractivity contribution in [2.75, 3.05) is 0 Å². The number of aliphatic hydroxyl groups excluding tert-OH is 1. The van der Waals surface area contributed by atoms with E-state index in [4.69, 9.17) is 0 Å². The Morgan fingerprint density at radius 1 is 1.50 bits per heavy atom. The van der Waals surface area contributed by atoms with Crippen LogP contribution < -0.4 is 0 Å². The average Bonchev–Trinajstić information content (AvgIpc) is 2.70. The van der Waals surface area contributed by atoms with Gasteiger partial charge >= 0.3 is 0 Å². The Labute approximate surface area is 97.4 Å². The second-order valence-electron chi connectivity index (χ2n) is 3.65. The number of nitrogens with zero attached hydrogens (tertiary/aromatic N) is 1. The van der Waals surface area contributed by atoms with Gasteiger partial charge in [0.25, 0.3) is 0 Å². The summed E-state index contributed by atoms with van der Waals surface area (Å²) in [5.41, 5.74) is 1.53. The first kappa shape index (κ1) is 11.2. The van der Waals surface area contributed by atoms with Crippen molar-refractivity contribution in [1.82, 2.24) is 4.98 Å². The molecule has 0 aliphatic carbocycles. The average molecular weight is 237 g/mol. The highest BCUT2D eigenvalue weighted by Gasteiger charge is 2.12. The molecule has 1 N–H and O–H groups in total. The molecule has 2 nitrogen and oxygen atoms in total. The lowest BCUT2D eigenvalue weighted by Crippen LogP contribution is -2.03. The largest absolute Gasteiger partial charge is 0.388 e. The third kappa shape index (κ3) is 2.46. The quantitative estimate of drug-likeness (QED) is 0.890. The molecule has 0 amide bonds. The molecule has 0 aliphatic heterocycles. The third-order valence-electron chi connectivity index (χ3n) is 2.44. The topological polar surface area (TPSA) is 33.1 Å². The molecule has 1 heterocycles. The van der Waals surface area contributed by atoms with E-state index in [1.165, 1.54) is 23.5 Å². The van der Waals surface area contributed by atoms with Crippen LogP contribution in [-0.2, 0) is 6.42 Å². The zero-order valence-corrected chi connectivity index (χ0v) is 9.67. The Morgan fingerprint density at radius 2 is 2.31 bits per heavy atom. The summed E-state index contributed by atoms with van der Waals surface area (Å²) in [6.07, 6.45) is 1.57. The lowest BCUT2D eigenvalue weighted by atomic mass is 10.0. The predicted molar refractivity (Wildman–Crippen MR) is 61.9 cm³/mol. The standard InChI is InChI=1S/C12H12FNOS/c1-8-6-9(13)2-3-10(8)11(15)7-12-14-4-5-16-12/h2-6,11,15H,7H2,1H3. The summed E-state index contributed by atoms with van der Waals surface area (Å²) in [7, 11) is 0. The van der Waals surface area contributed by atoms with Gasteiger partial charge in [-0.05, 0) is 30.2 Å². The fraction of sp³-hybridized carbons (Fsp3) is 0.250. The Bertz CT molecular complexity index is 470. The molecule has 0 bridgehead atoms. The van der Waals surface area contributed by atoms with Gasteiger partial charge in [-0.25, -0.2) is 9.37 Å². The van der Waals surface area contributed by atoms with Crippen LogP contribution in [-0.4, -0.2) is 10.1 Å². The molecular formula is C12H12FNOS. The van der Waals surface area contributed by atoms with Crippen molar-refractivity contribution in [2.45, 2.75) is 19.4 Å². The van der Waals surface area contributed by atoms with Crippen molar-refractivity contribution in [1.29, 1.82) is 0 Å². The van der Waals surface area contributed by atoms with Crippen LogP contribution in [0.2, 0.25) is 0 Å². The molecule has 0 fully saturated rings. The SMILES string of the molecule is Cc1cc(F)ccc1C(O)Cc1nccs1. The van der Waals surface area contributed by atoms with Crippen LogP contribution in [0.15, 0.2) is 29.8 Å². The van der Waals surface area contributed by atoms with Crippen LogP contribution >= 0.6 is 11.3 Å². The van der Waals surface area contributed by atoms with Crippen molar-refractivity contribution in [3.63, 3.8) is 0 Å². The van der Waals surface area contributed by atoms with E-state index >= 15 is 0 Å². The molecule has 2 aromatic rings. The van der Waals surface area contributed by atoms with Gasteiger partial charge in [-0.1, -0.05) is 6.07 Å². The van der Waals surface area contributed by atoms with Gasteiger partial charge in [0.05, 0.1) is 11.1 Å². The van der Waals surface area contributed by atoms with Gasteiger partial charge in [0, 0.05) is 18.0 Å². The van der Waals surface area contributed by atoms with E-state index in [-0.39, 0.29) is 5.82 Å². The van der Waals surface area contributed by atoms with Gasteiger partial charge < -0.3 is 5.11 Å². The molecule has 0 radical (unpaired) electrons. The van der Waals surface area contributed by atoms with Crippen molar-refractivity contribution in [3.05, 3.63) is 51.7 Å². The second kappa shape index (κ2) is 4.72. The normalized spacial score (nSPS) is 12.7. The maximum Gasteiger partial charge on any atom is 0.123 e. The molecule has 1 aromatic carbocycles. The molecular weight excluding hydrogens is 225 g/mol. The Hall–Kier alpha value is -1.26. The smallest absolute Gasteiger partial charge is 0.123 e. The highest BCUT2D eigenvalue weighted by atomic mass is 32.1. The summed E-state index contributed by atoms with van der Waals surface area (Å²) in [5.74, 6) is -0.275. The van der Waals surface area contributed by atoms with Crippen LogP contribution in [0.4, 0.5) is 4.39 Å². The monoisotopic (exact) mass is 237 g/mol. The minimum atomic E-state index is -0.619. The molecule has 0 saturated heterocycles. The molecule has 0 saturated carbocycles. The van der Waals surface area contributed by atoms with E-state index in [1.807, 2.05) is 5.38 Å². The Balaban J connectivity index is 2.17. The van der Waals surface area contributed by atoms with Crippen molar-refractivity contribution in [2.24, 2.45) is 0 Å². The Kier molecular flexibility index (Phi) is 3.31. The summed E-state index contributed by atoms with van der Waals surface area (Å²) in [6.45, 7) is 1.80. The van der Waals surface area contributed by atoms with Gasteiger partial charge in [-0.2, -0.15) is 0 Å². The number of rotatable bonds is 3. The van der Waals surface area contributed by atoms with Crippen molar-refractivity contribution >= 4 is 11.3 Å². The zero-order chi connectivity index (χ0) is 11.5. The second-order valence-corrected chi connectivity index (χ2v) is 4.63. The number of aromatic nitrogens is 1. The molecule has 84 valence electrons. The van der Waals surface area contributed by atoms with Gasteiger partial charge in [0.1, 0.15) is 5.82 Å². The van der Waals surface area contributed by atoms with E-state index in [2.05, 4.69) is 4.98 Å². The fourth-order valence-electron chi connectivity index (χ4n) is 1.64. The number of benzene rings is 1. The van der Waals surface area contributed by atoms with Crippen LogP contribution in [0, 0.1) is 12.7 Å². The van der Waals surface area contributed by atoms with E-state index in [0.29, 0.717) is 6.42 Å². The number of hydrogen-bond donors (Lipinski definition) is 1. The minimum absolute atomic E-state index is 0.275. The molecule has 1 atom stereocenters. The highest BCUT2D eigenvalue weighted by molar-refractivity contribution is 7.09. The number of hydrogen-bond acceptors (Lipinski definition) is 3. The molecule has 4 heteroatoms. The van der Waals surface area contributed by atoms with Crippen LogP contribution in [0.5, 0.6) is 0 Å². The zero-order valence-electron chi connectivity index (χ0n) is 8.85. The first-order valence-electron chi connectivity index (χ1n) is 4.99. The van der Waals surface area contributed by atoms with Crippen molar-refractivity contribution in [3.8, 4) is 0 Å². The summed E-state index contributed by atoms with van der Waals surface area (Å²) in [6, 6.07) is 4.43. The van der Waals surface area contributed by atoms with E-state index in [0.717, 1.165) is 16.1 Å². The Morgan fingerprint density at radius 3 is 2.94 bits per heavy atom. The molecule has 16 heavy (non-hydrogen) atoms. The number of aryl methyl sites for hydroxylation is 1. The van der Waals surface area contributed by atoms with E-state index in [1.54, 1.807) is 19.2 Å². The van der Waals surface area contributed by atoms with E-state index in [9.17, 15) is 9.50 Å². The summed E-state index contributed by atoms with van der Waals surface area (Å²) in [4.78, 5) is 4.11. The predicted octanol–water partition coefficient (Wildman–Crippen LogP) is 2.87. The molecule has 1 unspecified atom stereocenters. The maximum atomic E-state index is 12.9. The molecule has 0 aliphatic rings. The van der Waals surface area contributed by atoms with Gasteiger partial charge in [0.15, 0.2) is 0 Å². The molecule has 0 spiro atoms. The summed E-state index contributed by atoms with van der Waals surface area (Å²) >= 11 is 1.51. The lowest BCUT2D eigenvalue weighted by Gasteiger charge is -2.12. The van der Waals surface area contributed by atoms with Crippen LogP contribution in [0.1, 0.15) is 22.2 Å². The highest BCUT2D eigenvalue weighted by Crippen LogP contribution is 2.22. The lowest BCUT2D eigenvalue weighted by molar-refractivity contribution is 0.177. The third-order valence-corrected chi connectivity index (χ3v) is 3.24. The van der Waals surface area contributed by atoms with Gasteiger partial charge in [0.2, 0.25) is 0 Å². The summed E-state index contributed by atoms with van der Waals surface area (Å²) in [5, 5.41) is 12.8. The van der Waals surface area contributed by atoms with Crippen molar-refractivity contribution < 1.29 is 9.50 Å². The molecule has 1 aromatic heterocycles. The first-order valence-corrected chi connectivity index (χ1v) is 5.87. The molecule has 2 rings (SSSR count). The van der Waals surface area contributed by atoms with Crippen LogP contribution in [0.3, 0.4) is 0 Å². The maximum absolute atomic E-state index is 12.9. The number of halogens is 1. The summed E-state index contributed by atoms with van der Waals surface area (Å²) < 4.78 is 12.9.